The highest BCUT2D eigenvalue weighted by Gasteiger charge is 2.42. The highest BCUT2D eigenvalue weighted by Crippen LogP contribution is 2.35. The summed E-state index contributed by atoms with van der Waals surface area (Å²) in [5.41, 5.74) is 11.3. The van der Waals surface area contributed by atoms with E-state index < -0.39 is 0 Å². The van der Waals surface area contributed by atoms with E-state index in [0.717, 1.165) is 12.1 Å². The van der Waals surface area contributed by atoms with E-state index in [2.05, 4.69) is 64.5 Å². The van der Waals surface area contributed by atoms with E-state index in [0.29, 0.717) is 30.8 Å². The summed E-state index contributed by atoms with van der Waals surface area (Å²) in [6.45, 7) is 3.23. The summed E-state index contributed by atoms with van der Waals surface area (Å²) in [6, 6.07) is 21.3. The van der Waals surface area contributed by atoms with E-state index in [1.807, 2.05) is 17.9 Å². The van der Waals surface area contributed by atoms with Gasteiger partial charge in [-0.15, -0.1) is 0 Å². The Morgan fingerprint density at radius 3 is 2.55 bits per heavy atom. The number of carbonyl (C=O) groups excluding carboxylic acids is 1. The molecule has 2 aliphatic rings. The molecule has 0 saturated carbocycles. The Morgan fingerprint density at radius 2 is 1.83 bits per heavy atom. The molecule has 3 aromatic rings. The molecule has 6 heteroatoms. The number of rotatable bonds is 3. The molecule has 5 rings (SSSR count). The van der Waals surface area contributed by atoms with E-state index >= 15 is 0 Å². The van der Waals surface area contributed by atoms with E-state index in [-0.39, 0.29) is 11.9 Å². The molecule has 2 fully saturated rings. The maximum Gasteiger partial charge on any atom is 0.292 e. The lowest BCUT2D eigenvalue weighted by molar-refractivity contribution is 0.0611. The third kappa shape index (κ3) is 3.45. The molecule has 0 radical (unpaired) electrons. The summed E-state index contributed by atoms with van der Waals surface area (Å²) in [5, 5.41) is 3.85. The molecule has 6 nitrogen and oxygen atoms in total. The predicted octanol–water partition coefficient (Wildman–Crippen LogP) is 3.33. The molecule has 0 spiro atoms. The summed E-state index contributed by atoms with van der Waals surface area (Å²) >= 11 is 0. The van der Waals surface area contributed by atoms with E-state index in [4.69, 9.17) is 4.52 Å². The van der Waals surface area contributed by atoms with Crippen LogP contribution < -0.4 is 10.9 Å². The minimum atomic E-state index is -0.0749. The summed E-state index contributed by atoms with van der Waals surface area (Å²) in [4.78, 5) is 14.7. The Bertz CT molecular complexity index is 999. The molecule has 2 saturated heterocycles. The Kier molecular flexibility index (Phi) is 4.66. The topological polar surface area (TPSA) is 70.4 Å². The van der Waals surface area contributed by atoms with Gasteiger partial charge in [0.1, 0.15) is 0 Å². The van der Waals surface area contributed by atoms with Crippen LogP contribution in [0.3, 0.4) is 0 Å². The van der Waals surface area contributed by atoms with Crippen molar-refractivity contribution in [3.8, 4) is 11.1 Å². The fourth-order valence-corrected chi connectivity index (χ4v) is 4.45. The monoisotopic (exact) mass is 388 g/mol. The molecule has 0 bridgehead atoms. The van der Waals surface area contributed by atoms with E-state index in [1.54, 1.807) is 6.07 Å². The zero-order valence-electron chi connectivity index (χ0n) is 16.3. The van der Waals surface area contributed by atoms with Crippen LogP contribution in [0, 0.1) is 12.8 Å². The average Bonchev–Trinajstić information content (AvgIpc) is 3.40. The number of hydrazine groups is 1. The van der Waals surface area contributed by atoms with Crippen LogP contribution in [0.15, 0.2) is 65.2 Å². The minimum absolute atomic E-state index is 0.0749. The van der Waals surface area contributed by atoms with Crippen LogP contribution in [0.5, 0.6) is 0 Å². The zero-order valence-corrected chi connectivity index (χ0v) is 16.3. The van der Waals surface area contributed by atoms with Gasteiger partial charge in [0.05, 0.1) is 11.7 Å². The van der Waals surface area contributed by atoms with Gasteiger partial charge in [0.2, 0.25) is 5.76 Å². The number of hydrogen-bond acceptors (Lipinski definition) is 5. The number of nitrogens with one attached hydrogen (secondary N) is 2. The van der Waals surface area contributed by atoms with E-state index in [9.17, 15) is 4.79 Å². The maximum atomic E-state index is 12.8. The first-order valence-electron chi connectivity index (χ1n) is 10.1. The summed E-state index contributed by atoms with van der Waals surface area (Å²) in [7, 11) is 0. The minimum Gasteiger partial charge on any atom is -0.351 e. The van der Waals surface area contributed by atoms with Gasteiger partial charge in [0.15, 0.2) is 0 Å². The highest BCUT2D eigenvalue weighted by atomic mass is 16.5. The second-order valence-electron chi connectivity index (χ2n) is 7.90. The van der Waals surface area contributed by atoms with Crippen LogP contribution in [0.4, 0.5) is 0 Å². The third-order valence-corrected chi connectivity index (χ3v) is 6.01. The number of nitrogens with zero attached hydrogens (tertiary/aromatic N) is 2. The van der Waals surface area contributed by atoms with Crippen molar-refractivity contribution in [1.29, 1.82) is 0 Å². The second-order valence-corrected chi connectivity index (χ2v) is 7.90. The van der Waals surface area contributed by atoms with Crippen LogP contribution in [0.1, 0.15) is 34.3 Å². The molecule has 3 unspecified atom stereocenters. The van der Waals surface area contributed by atoms with Crippen molar-refractivity contribution < 1.29 is 9.32 Å². The third-order valence-electron chi connectivity index (χ3n) is 6.01. The van der Waals surface area contributed by atoms with Crippen molar-refractivity contribution in [2.24, 2.45) is 5.92 Å². The SMILES string of the molecule is Cc1cc(C(=O)N2CCC3NNC(c4ccc(-c5ccccc5)cc4)C3C2)on1. The summed E-state index contributed by atoms with van der Waals surface area (Å²) in [6.07, 6.45) is 0.912. The number of hydrogen-bond donors (Lipinski definition) is 2. The van der Waals surface area contributed by atoms with Gasteiger partial charge in [0, 0.05) is 31.1 Å². The lowest BCUT2D eigenvalue weighted by Gasteiger charge is -2.35. The molecular formula is C23H24N4O2. The van der Waals surface area contributed by atoms with Crippen molar-refractivity contribution in [3.63, 3.8) is 0 Å². The molecule has 2 N–H and O–H groups in total. The fraction of sp³-hybridized carbons (Fsp3) is 0.304. The molecule has 2 aromatic carbocycles. The average molecular weight is 388 g/mol. The van der Waals surface area contributed by atoms with Crippen LogP contribution in [-0.4, -0.2) is 35.1 Å². The predicted molar refractivity (Wildman–Crippen MR) is 110 cm³/mol. The number of aromatic nitrogens is 1. The normalized spacial score (nSPS) is 23.8. The first-order valence-corrected chi connectivity index (χ1v) is 10.1. The fourth-order valence-electron chi connectivity index (χ4n) is 4.45. The van der Waals surface area contributed by atoms with Gasteiger partial charge >= 0.3 is 0 Å². The van der Waals surface area contributed by atoms with Gasteiger partial charge < -0.3 is 9.42 Å². The van der Waals surface area contributed by atoms with Gasteiger partial charge in [-0.05, 0) is 30.0 Å². The van der Waals surface area contributed by atoms with Crippen LogP contribution in [-0.2, 0) is 0 Å². The Balaban J connectivity index is 1.33. The van der Waals surface area contributed by atoms with Gasteiger partial charge in [-0.2, -0.15) is 0 Å². The molecule has 2 aliphatic heterocycles. The number of aryl methyl sites for hydroxylation is 1. The summed E-state index contributed by atoms with van der Waals surface area (Å²) in [5.74, 6) is 0.553. The number of carbonyl (C=O) groups is 1. The first-order chi connectivity index (χ1) is 14.2. The second kappa shape index (κ2) is 7.46. The van der Waals surface area contributed by atoms with Crippen molar-refractivity contribution in [1.82, 2.24) is 20.9 Å². The summed E-state index contributed by atoms with van der Waals surface area (Å²) < 4.78 is 5.18. The van der Waals surface area contributed by atoms with E-state index in [1.165, 1.54) is 16.7 Å². The van der Waals surface area contributed by atoms with Gasteiger partial charge in [-0.3, -0.25) is 10.2 Å². The standard InChI is InChI=1S/C23H24N4O2/c1-15-13-21(29-26-15)23(28)27-12-11-20-19(14-27)22(25-24-20)18-9-7-17(8-10-18)16-5-3-2-4-6-16/h2-10,13,19-20,22,24-25H,11-12,14H2,1H3. The largest absolute Gasteiger partial charge is 0.351 e. The Hall–Kier alpha value is -2.96. The van der Waals surface area contributed by atoms with Gasteiger partial charge in [-0.25, -0.2) is 5.43 Å². The maximum absolute atomic E-state index is 12.8. The lowest BCUT2D eigenvalue weighted by atomic mass is 9.84. The Morgan fingerprint density at radius 1 is 1.07 bits per heavy atom. The molecule has 3 heterocycles. The Labute approximate surface area is 169 Å². The first kappa shape index (κ1) is 18.1. The number of amides is 1. The van der Waals surface area contributed by atoms with Crippen LogP contribution in [0.2, 0.25) is 0 Å². The molecule has 3 atom stereocenters. The number of fused-ring (bicyclic) bond motifs is 1. The quantitative estimate of drug-likeness (QED) is 0.720. The molecule has 1 aromatic heterocycles. The molecular weight excluding hydrogens is 364 g/mol. The van der Waals surface area contributed by atoms with Crippen molar-refractivity contribution in [2.45, 2.75) is 25.4 Å². The number of benzene rings is 2. The smallest absolute Gasteiger partial charge is 0.292 e. The van der Waals surface area contributed by atoms with Gasteiger partial charge in [0.25, 0.3) is 5.91 Å². The highest BCUT2D eigenvalue weighted by molar-refractivity contribution is 5.91. The lowest BCUT2D eigenvalue weighted by Crippen LogP contribution is -2.47. The molecule has 148 valence electrons. The number of piperidine rings is 1. The van der Waals surface area contributed by atoms with Crippen LogP contribution in [0.25, 0.3) is 11.1 Å². The van der Waals surface area contributed by atoms with Crippen molar-refractivity contribution in [2.75, 3.05) is 13.1 Å². The van der Waals surface area contributed by atoms with Crippen LogP contribution >= 0.6 is 0 Å². The number of likely N-dealkylation sites (tertiary alicyclic amines) is 1. The van der Waals surface area contributed by atoms with Gasteiger partial charge in [-0.1, -0.05) is 59.8 Å². The molecule has 1 amide bonds. The van der Waals surface area contributed by atoms with Crippen molar-refractivity contribution >= 4 is 5.91 Å². The zero-order chi connectivity index (χ0) is 19.8. The molecule has 0 aliphatic carbocycles. The van der Waals surface area contributed by atoms with Crippen molar-refractivity contribution in [3.05, 3.63) is 77.7 Å². The molecule has 29 heavy (non-hydrogen) atoms.